The lowest BCUT2D eigenvalue weighted by Crippen LogP contribution is -2.24. The van der Waals surface area contributed by atoms with Crippen LogP contribution in [0.25, 0.3) is 0 Å². The molecule has 15 heavy (non-hydrogen) atoms. The van der Waals surface area contributed by atoms with Gasteiger partial charge in [-0.25, -0.2) is 0 Å². The molecule has 1 N–H and O–H groups in total. The van der Waals surface area contributed by atoms with Crippen LogP contribution < -0.4 is 4.74 Å². The third kappa shape index (κ3) is 2.34. The Morgan fingerprint density at radius 1 is 1.40 bits per heavy atom. The van der Waals surface area contributed by atoms with Crippen molar-refractivity contribution in [3.05, 3.63) is 27.7 Å². The quantitative estimate of drug-likeness (QED) is 0.917. The first-order valence-electron chi connectivity index (χ1n) is 4.88. The molecule has 0 amide bonds. The van der Waals surface area contributed by atoms with E-state index in [9.17, 15) is 5.11 Å². The molecule has 1 rings (SSSR count). The summed E-state index contributed by atoms with van der Waals surface area (Å²) < 4.78 is 6.19. The van der Waals surface area contributed by atoms with Gasteiger partial charge in [0.2, 0.25) is 0 Å². The van der Waals surface area contributed by atoms with E-state index in [1.807, 2.05) is 32.9 Å². The van der Waals surface area contributed by atoms with Crippen LogP contribution in [-0.4, -0.2) is 18.8 Å². The average Bonchev–Trinajstić information content (AvgIpc) is 2.18. The smallest absolute Gasteiger partial charge is 0.133 e. The van der Waals surface area contributed by atoms with Crippen molar-refractivity contribution in [1.29, 1.82) is 0 Å². The first kappa shape index (κ1) is 12.5. The fourth-order valence-corrected chi connectivity index (χ4v) is 2.86. The van der Waals surface area contributed by atoms with Crippen molar-refractivity contribution < 1.29 is 9.84 Å². The maximum atomic E-state index is 9.40. The number of aryl methyl sites for hydroxylation is 1. The molecule has 0 heterocycles. The monoisotopic (exact) mass is 272 g/mol. The maximum Gasteiger partial charge on any atom is 0.133 e. The molecule has 0 aliphatic rings. The molecule has 0 saturated heterocycles. The third-order valence-electron chi connectivity index (χ3n) is 2.61. The molecule has 0 spiro atoms. The fraction of sp³-hybridized carbons (Fsp3) is 0.500. The molecule has 1 aromatic carbocycles. The number of rotatable bonds is 3. The topological polar surface area (TPSA) is 29.5 Å². The van der Waals surface area contributed by atoms with Gasteiger partial charge in [-0.3, -0.25) is 0 Å². The number of benzene rings is 1. The van der Waals surface area contributed by atoms with Crippen LogP contribution in [0.3, 0.4) is 0 Å². The van der Waals surface area contributed by atoms with Crippen LogP contribution in [0.15, 0.2) is 16.6 Å². The summed E-state index contributed by atoms with van der Waals surface area (Å²) in [5.74, 6) is 0.803. The largest absolute Gasteiger partial charge is 0.496 e. The van der Waals surface area contributed by atoms with Gasteiger partial charge in [0.15, 0.2) is 0 Å². The second kappa shape index (κ2) is 4.54. The molecule has 0 aliphatic heterocycles. The summed E-state index contributed by atoms with van der Waals surface area (Å²) in [5.41, 5.74) is 1.99. The van der Waals surface area contributed by atoms with Gasteiger partial charge >= 0.3 is 0 Å². The lowest BCUT2D eigenvalue weighted by atomic mass is 9.83. The van der Waals surface area contributed by atoms with Crippen molar-refractivity contribution in [2.24, 2.45) is 0 Å². The van der Waals surface area contributed by atoms with Crippen LogP contribution in [0.4, 0.5) is 0 Å². The second-order valence-corrected chi connectivity index (χ2v) is 5.11. The second-order valence-electron chi connectivity index (χ2n) is 4.32. The highest BCUT2D eigenvalue weighted by Crippen LogP contribution is 2.38. The first-order valence-corrected chi connectivity index (χ1v) is 5.67. The van der Waals surface area contributed by atoms with Crippen molar-refractivity contribution in [2.45, 2.75) is 26.2 Å². The Kier molecular flexibility index (Phi) is 3.79. The zero-order chi connectivity index (χ0) is 11.6. The van der Waals surface area contributed by atoms with E-state index in [1.165, 1.54) is 0 Å². The standard InChI is InChI=1S/C12H17BrO2/c1-8-5-6-9(15-4)11(13)10(8)12(2,3)7-14/h5-6,14H,7H2,1-4H3. The van der Waals surface area contributed by atoms with Crippen LogP contribution in [0.5, 0.6) is 5.75 Å². The highest BCUT2D eigenvalue weighted by molar-refractivity contribution is 9.10. The molecule has 0 fully saturated rings. The van der Waals surface area contributed by atoms with Gasteiger partial charge in [-0.1, -0.05) is 19.9 Å². The van der Waals surface area contributed by atoms with Crippen LogP contribution in [-0.2, 0) is 5.41 Å². The number of hydrogen-bond acceptors (Lipinski definition) is 2. The Morgan fingerprint density at radius 2 is 2.00 bits per heavy atom. The van der Waals surface area contributed by atoms with E-state index in [4.69, 9.17) is 4.74 Å². The number of hydrogen-bond donors (Lipinski definition) is 1. The minimum absolute atomic E-state index is 0.111. The average molecular weight is 273 g/mol. The number of ether oxygens (including phenoxy) is 1. The van der Waals surface area contributed by atoms with E-state index < -0.39 is 0 Å². The minimum Gasteiger partial charge on any atom is -0.496 e. The van der Waals surface area contributed by atoms with Crippen LogP contribution in [0.1, 0.15) is 25.0 Å². The molecule has 0 saturated carbocycles. The Bertz CT molecular complexity index is 359. The summed E-state index contributed by atoms with van der Waals surface area (Å²) in [4.78, 5) is 0. The van der Waals surface area contributed by atoms with Gasteiger partial charge in [0.05, 0.1) is 18.2 Å². The van der Waals surface area contributed by atoms with Crippen molar-refractivity contribution in [2.75, 3.05) is 13.7 Å². The summed E-state index contributed by atoms with van der Waals surface area (Å²) in [5, 5.41) is 9.40. The molecule has 0 aromatic heterocycles. The van der Waals surface area contributed by atoms with Crippen molar-refractivity contribution >= 4 is 15.9 Å². The van der Waals surface area contributed by atoms with Crippen LogP contribution in [0.2, 0.25) is 0 Å². The zero-order valence-corrected chi connectivity index (χ0v) is 11.2. The Morgan fingerprint density at radius 3 is 2.47 bits per heavy atom. The van der Waals surface area contributed by atoms with Gasteiger partial charge in [-0.05, 0) is 40.0 Å². The Balaban J connectivity index is 3.39. The third-order valence-corrected chi connectivity index (χ3v) is 3.39. The lowest BCUT2D eigenvalue weighted by Gasteiger charge is -2.26. The molecular weight excluding hydrogens is 256 g/mol. The van der Waals surface area contributed by atoms with E-state index in [0.717, 1.165) is 21.3 Å². The Hall–Kier alpha value is -0.540. The van der Waals surface area contributed by atoms with E-state index in [1.54, 1.807) is 7.11 Å². The summed E-state index contributed by atoms with van der Waals surface area (Å²) in [6, 6.07) is 3.94. The molecule has 0 aliphatic carbocycles. The number of halogens is 1. The fourth-order valence-electron chi connectivity index (χ4n) is 1.72. The van der Waals surface area contributed by atoms with Crippen molar-refractivity contribution in [3.63, 3.8) is 0 Å². The van der Waals surface area contributed by atoms with Gasteiger partial charge in [0.25, 0.3) is 0 Å². The van der Waals surface area contributed by atoms with E-state index in [0.29, 0.717) is 0 Å². The first-order chi connectivity index (χ1) is 6.94. The molecular formula is C12H17BrO2. The van der Waals surface area contributed by atoms with E-state index >= 15 is 0 Å². The summed E-state index contributed by atoms with van der Waals surface area (Å²) >= 11 is 3.53. The van der Waals surface area contributed by atoms with Crippen LogP contribution in [0, 0.1) is 6.92 Å². The van der Waals surface area contributed by atoms with E-state index in [-0.39, 0.29) is 12.0 Å². The molecule has 0 bridgehead atoms. The summed E-state index contributed by atoms with van der Waals surface area (Å²) in [6.07, 6.45) is 0. The summed E-state index contributed by atoms with van der Waals surface area (Å²) in [6.45, 7) is 6.18. The predicted molar refractivity (Wildman–Crippen MR) is 65.5 cm³/mol. The van der Waals surface area contributed by atoms with Gasteiger partial charge in [-0.2, -0.15) is 0 Å². The molecule has 0 atom stereocenters. The van der Waals surface area contributed by atoms with Crippen LogP contribution >= 0.6 is 15.9 Å². The maximum absolute atomic E-state index is 9.40. The molecule has 1 aromatic rings. The number of methoxy groups -OCH3 is 1. The molecule has 0 unspecified atom stereocenters. The number of aliphatic hydroxyl groups is 1. The zero-order valence-electron chi connectivity index (χ0n) is 9.60. The predicted octanol–water partition coefficient (Wildman–Crippen LogP) is 3.04. The van der Waals surface area contributed by atoms with Gasteiger partial charge < -0.3 is 9.84 Å². The van der Waals surface area contributed by atoms with Gasteiger partial charge in [-0.15, -0.1) is 0 Å². The number of aliphatic hydroxyl groups excluding tert-OH is 1. The van der Waals surface area contributed by atoms with Crippen molar-refractivity contribution in [1.82, 2.24) is 0 Å². The molecule has 84 valence electrons. The molecule has 0 radical (unpaired) electrons. The molecule has 3 heteroatoms. The highest BCUT2D eigenvalue weighted by Gasteiger charge is 2.25. The van der Waals surface area contributed by atoms with Crippen molar-refractivity contribution in [3.8, 4) is 5.75 Å². The minimum atomic E-state index is -0.266. The summed E-state index contributed by atoms with van der Waals surface area (Å²) in [7, 11) is 1.64. The molecule has 2 nitrogen and oxygen atoms in total. The SMILES string of the molecule is COc1ccc(C)c(C(C)(C)CO)c1Br. The van der Waals surface area contributed by atoms with Gasteiger partial charge in [0, 0.05) is 5.41 Å². The lowest BCUT2D eigenvalue weighted by molar-refractivity contribution is 0.217. The normalized spacial score (nSPS) is 11.6. The van der Waals surface area contributed by atoms with Gasteiger partial charge in [0.1, 0.15) is 5.75 Å². The van der Waals surface area contributed by atoms with E-state index in [2.05, 4.69) is 15.9 Å². The highest BCUT2D eigenvalue weighted by atomic mass is 79.9. The Labute approximate surface area is 99.4 Å².